The predicted molar refractivity (Wildman–Crippen MR) is 103 cm³/mol. The number of fused-ring (bicyclic) bond motifs is 1. The zero-order valence-electron chi connectivity index (χ0n) is 12.9. The fraction of sp³-hybridized carbons (Fsp3) is 0.0625. The first-order chi connectivity index (χ1) is 11.9. The zero-order chi connectivity index (χ0) is 18.0. The van der Waals surface area contributed by atoms with E-state index in [4.69, 9.17) is 28.2 Å². The average molecular weight is 394 g/mol. The van der Waals surface area contributed by atoms with Crippen molar-refractivity contribution in [3.8, 4) is 0 Å². The van der Waals surface area contributed by atoms with Gasteiger partial charge in [-0.2, -0.15) is 0 Å². The van der Waals surface area contributed by atoms with Crippen molar-refractivity contribution in [3.05, 3.63) is 61.6 Å². The van der Waals surface area contributed by atoms with Crippen molar-refractivity contribution in [2.24, 2.45) is 0 Å². The monoisotopic (exact) mass is 393 g/mol. The lowest BCUT2D eigenvalue weighted by atomic mass is 10.1. The highest BCUT2D eigenvalue weighted by atomic mass is 35.5. The molecule has 0 spiro atoms. The Bertz CT molecular complexity index is 1030. The molecule has 0 aliphatic rings. The van der Waals surface area contributed by atoms with E-state index >= 15 is 0 Å². The number of carbonyl (C=O) groups excluding carboxylic acids is 1. The van der Waals surface area contributed by atoms with E-state index in [2.05, 4.69) is 16.2 Å². The van der Waals surface area contributed by atoms with Crippen LogP contribution in [-0.2, 0) is 0 Å². The summed E-state index contributed by atoms with van der Waals surface area (Å²) >= 11 is 12.1. The maximum atomic E-state index is 11.9. The summed E-state index contributed by atoms with van der Waals surface area (Å²) in [6, 6.07) is 9.98. The second-order valence-corrected chi connectivity index (χ2v) is 7.22. The number of thiocarbonyl (C=S) groups is 1. The van der Waals surface area contributed by atoms with Crippen molar-refractivity contribution in [1.82, 2.24) is 10.9 Å². The largest absolute Gasteiger partial charge is 0.423 e. The highest BCUT2D eigenvalue weighted by Gasteiger charge is 2.09. The molecule has 25 heavy (non-hydrogen) atoms. The van der Waals surface area contributed by atoms with Gasteiger partial charge in [0.1, 0.15) is 5.58 Å². The van der Waals surface area contributed by atoms with Crippen LogP contribution in [0.1, 0.15) is 15.2 Å². The quantitative estimate of drug-likeness (QED) is 0.351. The number of hydrazine groups is 1. The summed E-state index contributed by atoms with van der Waals surface area (Å²) in [7, 11) is 0. The number of rotatable bonds is 2. The summed E-state index contributed by atoms with van der Waals surface area (Å²) in [6.07, 6.45) is 0. The number of halogens is 1. The number of thiophene rings is 1. The molecule has 128 valence electrons. The van der Waals surface area contributed by atoms with Crippen LogP contribution in [0, 0.1) is 6.92 Å². The van der Waals surface area contributed by atoms with Crippen molar-refractivity contribution < 1.29 is 9.21 Å². The smallest absolute Gasteiger partial charge is 0.336 e. The van der Waals surface area contributed by atoms with E-state index in [0.717, 1.165) is 22.3 Å². The predicted octanol–water partition coefficient (Wildman–Crippen LogP) is 3.45. The Morgan fingerprint density at radius 3 is 2.72 bits per heavy atom. The first-order valence-corrected chi connectivity index (χ1v) is 8.70. The van der Waals surface area contributed by atoms with E-state index in [9.17, 15) is 9.59 Å². The van der Waals surface area contributed by atoms with E-state index in [1.54, 1.807) is 24.3 Å². The van der Waals surface area contributed by atoms with Crippen LogP contribution in [0.4, 0.5) is 5.69 Å². The summed E-state index contributed by atoms with van der Waals surface area (Å²) in [5, 5.41) is 3.93. The molecular formula is C16H12ClN3O3S2. The Morgan fingerprint density at radius 1 is 1.20 bits per heavy atom. The number of benzene rings is 1. The number of aryl methyl sites for hydroxylation is 1. The molecule has 0 bridgehead atoms. The summed E-state index contributed by atoms with van der Waals surface area (Å²) in [4.78, 5) is 23.8. The number of carbonyl (C=O) groups is 1. The first kappa shape index (κ1) is 17.4. The van der Waals surface area contributed by atoms with Crippen molar-refractivity contribution in [1.29, 1.82) is 0 Å². The lowest BCUT2D eigenvalue weighted by molar-refractivity contribution is 0.0948. The molecule has 3 rings (SSSR count). The highest BCUT2D eigenvalue weighted by molar-refractivity contribution is 7.80. The maximum Gasteiger partial charge on any atom is 0.336 e. The average Bonchev–Trinajstić information content (AvgIpc) is 2.98. The molecule has 0 radical (unpaired) electrons. The molecular weight excluding hydrogens is 382 g/mol. The number of hydrogen-bond donors (Lipinski definition) is 3. The fourth-order valence-electron chi connectivity index (χ4n) is 2.18. The molecule has 0 unspecified atom stereocenters. The third kappa shape index (κ3) is 4.16. The molecule has 3 N–H and O–H groups in total. The van der Waals surface area contributed by atoms with Gasteiger partial charge in [-0.05, 0) is 49.0 Å². The van der Waals surface area contributed by atoms with Crippen LogP contribution in [0.2, 0.25) is 4.34 Å². The first-order valence-electron chi connectivity index (χ1n) is 7.09. The molecule has 2 aromatic heterocycles. The van der Waals surface area contributed by atoms with Crippen LogP contribution < -0.4 is 21.8 Å². The fourth-order valence-corrected chi connectivity index (χ4v) is 3.28. The van der Waals surface area contributed by atoms with E-state index in [0.29, 0.717) is 20.5 Å². The molecule has 0 aliphatic carbocycles. The van der Waals surface area contributed by atoms with E-state index < -0.39 is 5.63 Å². The summed E-state index contributed by atoms with van der Waals surface area (Å²) in [5.41, 5.74) is 6.57. The molecule has 1 amide bonds. The van der Waals surface area contributed by atoms with Gasteiger partial charge < -0.3 is 9.73 Å². The van der Waals surface area contributed by atoms with Crippen LogP contribution >= 0.6 is 35.2 Å². The van der Waals surface area contributed by atoms with Gasteiger partial charge in [0, 0.05) is 23.2 Å². The Labute approximate surface area is 156 Å². The standard InChI is InChI=1S/C16H12ClN3O3S2/c1-8-6-14(21)23-11-7-9(2-3-10(8)11)18-16(24)20-19-15(22)12-4-5-13(17)25-12/h2-7H,1H3,(H,19,22)(H2,18,20,24). The van der Waals surface area contributed by atoms with E-state index in [-0.39, 0.29) is 11.0 Å². The lowest BCUT2D eigenvalue weighted by Gasteiger charge is -2.11. The second-order valence-electron chi connectivity index (χ2n) is 5.10. The molecule has 1 aromatic carbocycles. The second kappa shape index (κ2) is 7.22. The van der Waals surface area contributed by atoms with Crippen molar-refractivity contribution in [2.75, 3.05) is 5.32 Å². The molecule has 3 aromatic rings. The van der Waals surface area contributed by atoms with Gasteiger partial charge in [-0.1, -0.05) is 11.6 Å². The minimum absolute atomic E-state index is 0.186. The third-order valence-corrected chi connectivity index (χ3v) is 4.73. The Hall–Kier alpha value is -2.42. The van der Waals surface area contributed by atoms with Crippen molar-refractivity contribution in [2.45, 2.75) is 6.92 Å². The number of nitrogens with one attached hydrogen (secondary N) is 3. The van der Waals surface area contributed by atoms with Crippen LogP contribution in [0.25, 0.3) is 11.0 Å². The molecule has 0 saturated heterocycles. The summed E-state index contributed by atoms with van der Waals surface area (Å²) < 4.78 is 5.71. The molecule has 0 fully saturated rings. The van der Waals surface area contributed by atoms with Crippen LogP contribution in [0.3, 0.4) is 0 Å². The Balaban J connectivity index is 1.65. The lowest BCUT2D eigenvalue weighted by Crippen LogP contribution is -2.43. The molecule has 9 heteroatoms. The number of amides is 1. The van der Waals surface area contributed by atoms with E-state index in [1.807, 2.05) is 13.0 Å². The Morgan fingerprint density at radius 2 is 2.00 bits per heavy atom. The van der Waals surface area contributed by atoms with Crippen molar-refractivity contribution in [3.63, 3.8) is 0 Å². The normalized spacial score (nSPS) is 10.5. The minimum Gasteiger partial charge on any atom is -0.423 e. The zero-order valence-corrected chi connectivity index (χ0v) is 15.3. The van der Waals surface area contributed by atoms with Gasteiger partial charge in [0.25, 0.3) is 5.91 Å². The SMILES string of the molecule is Cc1cc(=O)oc2cc(NC(=S)NNC(=O)c3ccc(Cl)s3)ccc12. The van der Waals surface area contributed by atoms with Gasteiger partial charge in [-0.3, -0.25) is 15.6 Å². The highest BCUT2D eigenvalue weighted by Crippen LogP contribution is 2.21. The third-order valence-electron chi connectivity index (χ3n) is 3.30. The molecule has 2 heterocycles. The topological polar surface area (TPSA) is 83.4 Å². The molecule has 0 aliphatic heterocycles. The number of anilines is 1. The molecule has 0 atom stereocenters. The summed E-state index contributed by atoms with van der Waals surface area (Å²) in [6.45, 7) is 1.84. The number of hydrogen-bond acceptors (Lipinski definition) is 5. The Kier molecular flexibility index (Phi) is 5.03. The van der Waals surface area contributed by atoms with Crippen LogP contribution in [0.5, 0.6) is 0 Å². The van der Waals surface area contributed by atoms with Gasteiger partial charge in [0.05, 0.1) is 9.21 Å². The van der Waals surface area contributed by atoms with Gasteiger partial charge >= 0.3 is 5.63 Å². The van der Waals surface area contributed by atoms with E-state index in [1.165, 1.54) is 6.07 Å². The maximum absolute atomic E-state index is 11.9. The minimum atomic E-state index is -0.412. The molecule has 6 nitrogen and oxygen atoms in total. The van der Waals surface area contributed by atoms with Gasteiger partial charge in [0.15, 0.2) is 5.11 Å². The van der Waals surface area contributed by atoms with Crippen LogP contribution in [0.15, 0.2) is 45.6 Å². The van der Waals surface area contributed by atoms with Gasteiger partial charge in [0.2, 0.25) is 0 Å². The van der Waals surface area contributed by atoms with Gasteiger partial charge in [-0.15, -0.1) is 11.3 Å². The van der Waals surface area contributed by atoms with Gasteiger partial charge in [-0.25, -0.2) is 4.79 Å². The van der Waals surface area contributed by atoms with Crippen LogP contribution in [-0.4, -0.2) is 11.0 Å². The van der Waals surface area contributed by atoms with Crippen molar-refractivity contribution >= 4 is 62.8 Å². The summed E-state index contributed by atoms with van der Waals surface area (Å²) in [5.74, 6) is -0.346. The molecule has 0 saturated carbocycles.